The van der Waals surface area contributed by atoms with E-state index < -0.39 is 5.66 Å². The van der Waals surface area contributed by atoms with Crippen LogP contribution in [0.2, 0.25) is 0 Å². The van der Waals surface area contributed by atoms with Crippen molar-refractivity contribution in [2.45, 2.75) is 44.3 Å². The molecule has 0 amide bonds. The predicted octanol–water partition coefficient (Wildman–Crippen LogP) is 2.34. The minimum Gasteiger partial charge on any atom is -0.382 e. The van der Waals surface area contributed by atoms with Gasteiger partial charge in [-0.1, -0.05) is 12.8 Å². The molecule has 5 rings (SSSR count). The SMILES string of the molecule is CC12N=C(Nc3ccc(N)nn3)NC=C1c1ccncc1N2C1CCCC1. The number of hydrogen-bond donors (Lipinski definition) is 3. The summed E-state index contributed by atoms with van der Waals surface area (Å²) >= 11 is 0. The number of nitrogens with one attached hydrogen (secondary N) is 2. The summed E-state index contributed by atoms with van der Waals surface area (Å²) in [5.41, 5.74) is 8.67. The summed E-state index contributed by atoms with van der Waals surface area (Å²) in [6.07, 6.45) is 10.7. The van der Waals surface area contributed by atoms with E-state index >= 15 is 0 Å². The van der Waals surface area contributed by atoms with Gasteiger partial charge in [0.25, 0.3) is 0 Å². The predicted molar refractivity (Wildman–Crippen MR) is 106 cm³/mol. The first-order valence-electron chi connectivity index (χ1n) is 9.32. The van der Waals surface area contributed by atoms with Crippen molar-refractivity contribution in [2.24, 2.45) is 4.99 Å². The van der Waals surface area contributed by atoms with Gasteiger partial charge in [0.15, 0.2) is 11.5 Å². The molecule has 2 aromatic heterocycles. The van der Waals surface area contributed by atoms with E-state index in [9.17, 15) is 0 Å². The van der Waals surface area contributed by atoms with Gasteiger partial charge in [-0.25, -0.2) is 4.99 Å². The highest BCUT2D eigenvalue weighted by atomic mass is 15.4. The number of pyridine rings is 1. The molecule has 2 aromatic rings. The minimum absolute atomic E-state index is 0.388. The molecule has 4 N–H and O–H groups in total. The molecular formula is C19H22N8. The van der Waals surface area contributed by atoms with Crippen LogP contribution >= 0.6 is 0 Å². The quantitative estimate of drug-likeness (QED) is 0.753. The zero-order valence-corrected chi connectivity index (χ0v) is 15.2. The van der Waals surface area contributed by atoms with Gasteiger partial charge in [0.2, 0.25) is 5.96 Å². The maximum Gasteiger partial charge on any atom is 0.203 e. The van der Waals surface area contributed by atoms with E-state index in [0.717, 1.165) is 5.69 Å². The van der Waals surface area contributed by atoms with Gasteiger partial charge in [-0.2, -0.15) is 0 Å². The molecule has 0 radical (unpaired) electrons. The molecule has 8 heteroatoms. The van der Waals surface area contributed by atoms with Gasteiger partial charge in [-0.05, 0) is 38.0 Å². The summed E-state index contributed by atoms with van der Waals surface area (Å²) in [5.74, 6) is 1.63. The largest absolute Gasteiger partial charge is 0.382 e. The molecule has 138 valence electrons. The zero-order chi connectivity index (χ0) is 18.4. The lowest BCUT2D eigenvalue weighted by Crippen LogP contribution is -2.51. The van der Waals surface area contributed by atoms with Gasteiger partial charge < -0.3 is 21.3 Å². The van der Waals surface area contributed by atoms with E-state index in [4.69, 9.17) is 10.7 Å². The van der Waals surface area contributed by atoms with Gasteiger partial charge in [0, 0.05) is 29.6 Å². The van der Waals surface area contributed by atoms with Crippen LogP contribution < -0.4 is 21.3 Å². The monoisotopic (exact) mass is 362 g/mol. The average Bonchev–Trinajstić information content (AvgIpc) is 3.26. The van der Waals surface area contributed by atoms with Crippen LogP contribution in [0.5, 0.6) is 0 Å². The maximum atomic E-state index is 5.62. The molecule has 8 nitrogen and oxygen atoms in total. The van der Waals surface area contributed by atoms with Crippen LogP contribution in [0.25, 0.3) is 5.57 Å². The molecule has 1 unspecified atom stereocenters. The summed E-state index contributed by atoms with van der Waals surface area (Å²) in [6, 6.07) is 6.05. The highest BCUT2D eigenvalue weighted by molar-refractivity contribution is 6.01. The highest BCUT2D eigenvalue weighted by Gasteiger charge is 2.49. The average molecular weight is 362 g/mol. The summed E-state index contributed by atoms with van der Waals surface area (Å²) in [5, 5.41) is 14.4. The van der Waals surface area contributed by atoms with Crippen molar-refractivity contribution in [1.82, 2.24) is 20.5 Å². The normalized spacial score (nSPS) is 24.0. The summed E-state index contributed by atoms with van der Waals surface area (Å²) in [4.78, 5) is 11.9. The Kier molecular flexibility index (Phi) is 3.53. The van der Waals surface area contributed by atoms with Crippen LogP contribution in [0.4, 0.5) is 17.3 Å². The topological polar surface area (TPSA) is 104 Å². The molecular weight excluding hydrogens is 340 g/mol. The lowest BCUT2D eigenvalue weighted by Gasteiger charge is -2.40. The molecule has 0 saturated heterocycles. The van der Waals surface area contributed by atoms with Crippen LogP contribution in [-0.4, -0.2) is 32.8 Å². The van der Waals surface area contributed by atoms with Crippen LogP contribution in [0.1, 0.15) is 38.2 Å². The maximum absolute atomic E-state index is 5.62. The van der Waals surface area contributed by atoms with Crippen molar-refractivity contribution in [3.05, 3.63) is 42.4 Å². The second-order valence-corrected chi connectivity index (χ2v) is 7.35. The first-order valence-corrected chi connectivity index (χ1v) is 9.32. The molecule has 0 spiro atoms. The smallest absolute Gasteiger partial charge is 0.203 e. The van der Waals surface area contributed by atoms with Crippen molar-refractivity contribution in [3.8, 4) is 0 Å². The minimum atomic E-state index is -0.477. The Balaban J connectivity index is 1.53. The van der Waals surface area contributed by atoms with Crippen LogP contribution in [0, 0.1) is 0 Å². The second kappa shape index (κ2) is 5.94. The number of aliphatic imine (C=N–C) groups is 1. The summed E-state index contributed by atoms with van der Waals surface area (Å²) < 4.78 is 0. The fourth-order valence-electron chi connectivity index (χ4n) is 4.45. The van der Waals surface area contributed by atoms with Gasteiger partial charge in [-0.3, -0.25) is 4.98 Å². The first-order chi connectivity index (χ1) is 13.1. The van der Waals surface area contributed by atoms with E-state index in [1.54, 1.807) is 12.1 Å². The molecule has 3 aliphatic rings. The standard InChI is InChI=1S/C19H22N8/c1-19-14(10-22-18(24-19)23-17-7-6-16(20)25-26-17)13-8-9-21-11-15(13)27(19)12-4-2-3-5-12/h6-12H,2-5H2,1H3,(H2,20,25)(H2,22,23,24,26). The molecule has 1 saturated carbocycles. The van der Waals surface area contributed by atoms with E-state index in [2.05, 4.69) is 43.7 Å². The van der Waals surface area contributed by atoms with E-state index in [1.165, 1.54) is 36.8 Å². The second-order valence-electron chi connectivity index (χ2n) is 7.35. The van der Waals surface area contributed by atoms with Crippen molar-refractivity contribution >= 4 is 28.9 Å². The molecule has 27 heavy (non-hydrogen) atoms. The molecule has 0 bridgehead atoms. The van der Waals surface area contributed by atoms with Gasteiger partial charge in [0.1, 0.15) is 5.82 Å². The highest BCUT2D eigenvalue weighted by Crippen LogP contribution is 2.51. The lowest BCUT2D eigenvalue weighted by molar-refractivity contribution is 0.482. The van der Waals surface area contributed by atoms with Gasteiger partial charge in [-0.15, -0.1) is 10.2 Å². The third-order valence-corrected chi connectivity index (χ3v) is 5.63. The van der Waals surface area contributed by atoms with E-state index in [0.29, 0.717) is 23.6 Å². The molecule has 1 fully saturated rings. The number of fused-ring (bicyclic) bond motifs is 3. The number of hydrogen-bond acceptors (Lipinski definition) is 8. The molecule has 1 aliphatic carbocycles. The van der Waals surface area contributed by atoms with E-state index in [-0.39, 0.29) is 0 Å². The molecule has 0 aromatic carbocycles. The molecule has 1 atom stereocenters. The Morgan fingerprint density at radius 1 is 1.22 bits per heavy atom. The Bertz CT molecular complexity index is 929. The lowest BCUT2D eigenvalue weighted by atomic mass is 9.98. The van der Waals surface area contributed by atoms with Crippen molar-refractivity contribution in [2.75, 3.05) is 16.0 Å². The van der Waals surface area contributed by atoms with Crippen molar-refractivity contribution < 1.29 is 0 Å². The Morgan fingerprint density at radius 3 is 2.85 bits per heavy atom. The number of anilines is 3. The molecule has 2 aliphatic heterocycles. The number of guanidine groups is 1. The van der Waals surface area contributed by atoms with E-state index in [1.807, 2.05) is 18.6 Å². The fraction of sp³-hybridized carbons (Fsp3) is 0.368. The number of nitrogen functional groups attached to an aromatic ring is 1. The Labute approximate surface area is 157 Å². The summed E-state index contributed by atoms with van der Waals surface area (Å²) in [7, 11) is 0. The Morgan fingerprint density at radius 2 is 2.07 bits per heavy atom. The number of nitrogens with two attached hydrogens (primary N) is 1. The van der Waals surface area contributed by atoms with Crippen LogP contribution in [-0.2, 0) is 0 Å². The Hall–Kier alpha value is -3.16. The van der Waals surface area contributed by atoms with Crippen molar-refractivity contribution in [3.63, 3.8) is 0 Å². The van der Waals surface area contributed by atoms with Crippen molar-refractivity contribution in [1.29, 1.82) is 0 Å². The van der Waals surface area contributed by atoms with Crippen LogP contribution in [0.15, 0.2) is 41.8 Å². The fourth-order valence-corrected chi connectivity index (χ4v) is 4.45. The first kappa shape index (κ1) is 16.0. The number of rotatable bonds is 2. The van der Waals surface area contributed by atoms with Crippen LogP contribution in [0.3, 0.4) is 0 Å². The molecule has 4 heterocycles. The third-order valence-electron chi connectivity index (χ3n) is 5.63. The zero-order valence-electron chi connectivity index (χ0n) is 15.2. The third kappa shape index (κ3) is 2.51. The summed E-state index contributed by atoms with van der Waals surface area (Å²) in [6.45, 7) is 2.17. The number of aromatic nitrogens is 3. The van der Waals surface area contributed by atoms with Gasteiger partial charge in [0.05, 0.1) is 11.9 Å². The number of nitrogens with zero attached hydrogens (tertiary/aromatic N) is 5. The van der Waals surface area contributed by atoms with Gasteiger partial charge >= 0.3 is 0 Å².